The molecule has 0 spiro atoms. The number of rotatable bonds is 8. The Balaban J connectivity index is 1.67. The Bertz CT molecular complexity index is 717. The van der Waals surface area contributed by atoms with Gasteiger partial charge in [0.2, 0.25) is 0 Å². The summed E-state index contributed by atoms with van der Waals surface area (Å²) in [7, 11) is 3.17. The quantitative estimate of drug-likeness (QED) is 0.779. The van der Waals surface area contributed by atoms with Crippen LogP contribution < -0.4 is 14.8 Å². The van der Waals surface area contributed by atoms with Crippen LogP contribution in [0.25, 0.3) is 0 Å². The second-order valence-corrected chi connectivity index (χ2v) is 6.64. The molecule has 0 aromatic heterocycles. The lowest BCUT2D eigenvalue weighted by Gasteiger charge is -2.28. The summed E-state index contributed by atoms with van der Waals surface area (Å²) in [5, 5.41) is 3.49. The summed E-state index contributed by atoms with van der Waals surface area (Å²) in [4.78, 5) is 2.51. The molecule has 0 amide bonds. The van der Waals surface area contributed by atoms with Crippen LogP contribution >= 0.6 is 0 Å². The number of methoxy groups -OCH3 is 2. The maximum atomic E-state index is 13.9. The molecular weight excluding hydrogens is 331 g/mol. The Hall–Kier alpha value is -2.11. The van der Waals surface area contributed by atoms with Crippen molar-refractivity contribution in [3.8, 4) is 11.5 Å². The molecule has 2 aromatic carbocycles. The van der Waals surface area contributed by atoms with Gasteiger partial charge < -0.3 is 14.8 Å². The van der Waals surface area contributed by atoms with E-state index in [1.807, 2.05) is 18.2 Å². The number of ether oxygens (including phenoxy) is 2. The summed E-state index contributed by atoms with van der Waals surface area (Å²) in [6.07, 6.45) is 2.48. The second kappa shape index (κ2) is 9.01. The van der Waals surface area contributed by atoms with Crippen LogP contribution in [0.1, 0.15) is 30.0 Å². The molecule has 2 aromatic rings. The van der Waals surface area contributed by atoms with Crippen LogP contribution in [0.3, 0.4) is 0 Å². The van der Waals surface area contributed by atoms with E-state index in [-0.39, 0.29) is 17.6 Å². The molecular formula is C21H27FN2O2. The van der Waals surface area contributed by atoms with E-state index in [4.69, 9.17) is 9.47 Å². The van der Waals surface area contributed by atoms with Crippen LogP contribution in [0, 0.1) is 5.82 Å². The molecule has 1 fully saturated rings. The van der Waals surface area contributed by atoms with Gasteiger partial charge in [-0.3, -0.25) is 4.90 Å². The molecule has 0 radical (unpaired) electrons. The molecule has 5 heteroatoms. The molecule has 1 aliphatic rings. The van der Waals surface area contributed by atoms with Gasteiger partial charge in [-0.25, -0.2) is 4.39 Å². The maximum absolute atomic E-state index is 13.9. The summed E-state index contributed by atoms with van der Waals surface area (Å²) < 4.78 is 24.2. The number of nitrogens with one attached hydrogen (secondary N) is 1. The maximum Gasteiger partial charge on any atom is 0.165 e. The Kier molecular flexibility index (Phi) is 6.47. The van der Waals surface area contributed by atoms with Gasteiger partial charge in [0.05, 0.1) is 14.2 Å². The van der Waals surface area contributed by atoms with E-state index in [2.05, 4.69) is 22.3 Å². The van der Waals surface area contributed by atoms with Crippen LogP contribution in [0.2, 0.25) is 0 Å². The molecule has 140 valence electrons. The molecule has 1 heterocycles. The van der Waals surface area contributed by atoms with Gasteiger partial charge in [-0.05, 0) is 61.3 Å². The molecule has 0 aliphatic carbocycles. The third-order valence-corrected chi connectivity index (χ3v) is 4.94. The largest absolute Gasteiger partial charge is 0.497 e. The molecule has 1 saturated heterocycles. The van der Waals surface area contributed by atoms with Crippen molar-refractivity contribution in [3.63, 3.8) is 0 Å². The normalized spacial score (nSPS) is 15.8. The lowest BCUT2D eigenvalue weighted by Crippen LogP contribution is -2.34. The molecule has 0 bridgehead atoms. The lowest BCUT2D eigenvalue weighted by atomic mass is 10.0. The number of likely N-dealkylation sites (tertiary alicyclic amines) is 1. The third kappa shape index (κ3) is 4.54. The van der Waals surface area contributed by atoms with Crippen molar-refractivity contribution in [2.75, 3.05) is 33.9 Å². The average molecular weight is 358 g/mol. The van der Waals surface area contributed by atoms with Crippen molar-refractivity contribution in [1.29, 1.82) is 0 Å². The van der Waals surface area contributed by atoms with E-state index < -0.39 is 0 Å². The van der Waals surface area contributed by atoms with E-state index in [1.54, 1.807) is 13.2 Å². The van der Waals surface area contributed by atoms with Crippen LogP contribution in [0.5, 0.6) is 11.5 Å². The number of hydrogen-bond donors (Lipinski definition) is 1. The minimum Gasteiger partial charge on any atom is -0.497 e. The summed E-state index contributed by atoms with van der Waals surface area (Å²) in [5.74, 6) is 0.833. The molecule has 3 rings (SSSR count). The van der Waals surface area contributed by atoms with Crippen molar-refractivity contribution in [2.24, 2.45) is 0 Å². The summed E-state index contributed by atoms with van der Waals surface area (Å²) >= 11 is 0. The highest BCUT2D eigenvalue weighted by atomic mass is 19.1. The van der Waals surface area contributed by atoms with Gasteiger partial charge in [0.25, 0.3) is 0 Å². The van der Waals surface area contributed by atoms with E-state index in [1.165, 1.54) is 31.6 Å². The fraction of sp³-hybridized carbons (Fsp3) is 0.429. The van der Waals surface area contributed by atoms with E-state index >= 15 is 0 Å². The van der Waals surface area contributed by atoms with Gasteiger partial charge in [0.1, 0.15) is 5.75 Å². The Morgan fingerprint density at radius 2 is 1.88 bits per heavy atom. The number of benzene rings is 2. The molecule has 26 heavy (non-hydrogen) atoms. The van der Waals surface area contributed by atoms with Gasteiger partial charge in [-0.1, -0.05) is 18.2 Å². The van der Waals surface area contributed by atoms with Gasteiger partial charge in [-0.2, -0.15) is 0 Å². The molecule has 0 saturated carbocycles. The highest BCUT2D eigenvalue weighted by Crippen LogP contribution is 2.27. The zero-order chi connectivity index (χ0) is 18.4. The van der Waals surface area contributed by atoms with Crippen molar-refractivity contribution < 1.29 is 13.9 Å². The first-order valence-corrected chi connectivity index (χ1v) is 9.12. The van der Waals surface area contributed by atoms with Crippen LogP contribution in [-0.4, -0.2) is 38.8 Å². The Labute approximate surface area is 154 Å². The zero-order valence-electron chi connectivity index (χ0n) is 15.5. The Morgan fingerprint density at radius 1 is 1.08 bits per heavy atom. The van der Waals surface area contributed by atoms with E-state index in [9.17, 15) is 4.39 Å². The first kappa shape index (κ1) is 18.7. The van der Waals surface area contributed by atoms with Crippen LogP contribution in [-0.2, 0) is 6.54 Å². The smallest absolute Gasteiger partial charge is 0.165 e. The minimum absolute atomic E-state index is 0.278. The van der Waals surface area contributed by atoms with Gasteiger partial charge in [0, 0.05) is 19.1 Å². The monoisotopic (exact) mass is 358 g/mol. The van der Waals surface area contributed by atoms with E-state index in [0.29, 0.717) is 6.54 Å². The Morgan fingerprint density at radius 3 is 2.58 bits per heavy atom. The predicted octanol–water partition coefficient (Wildman–Crippen LogP) is 3.77. The van der Waals surface area contributed by atoms with Crippen LogP contribution in [0.4, 0.5) is 4.39 Å². The van der Waals surface area contributed by atoms with Crippen molar-refractivity contribution in [3.05, 3.63) is 59.4 Å². The van der Waals surface area contributed by atoms with E-state index in [0.717, 1.165) is 30.9 Å². The van der Waals surface area contributed by atoms with Gasteiger partial charge in [0.15, 0.2) is 11.6 Å². The topological polar surface area (TPSA) is 33.7 Å². The molecule has 1 aliphatic heterocycles. The highest BCUT2D eigenvalue weighted by molar-refractivity contribution is 5.31. The number of nitrogens with zero attached hydrogens (tertiary/aromatic N) is 1. The minimum atomic E-state index is -0.323. The van der Waals surface area contributed by atoms with Crippen molar-refractivity contribution >= 4 is 0 Å². The number of halogens is 1. The average Bonchev–Trinajstić information content (AvgIpc) is 3.20. The fourth-order valence-corrected chi connectivity index (χ4v) is 3.53. The number of hydrogen-bond acceptors (Lipinski definition) is 4. The third-order valence-electron chi connectivity index (χ3n) is 4.94. The first-order valence-electron chi connectivity index (χ1n) is 9.12. The van der Waals surface area contributed by atoms with Gasteiger partial charge in [-0.15, -0.1) is 0 Å². The van der Waals surface area contributed by atoms with Gasteiger partial charge >= 0.3 is 0 Å². The molecule has 4 nitrogen and oxygen atoms in total. The first-order chi connectivity index (χ1) is 12.7. The predicted molar refractivity (Wildman–Crippen MR) is 101 cm³/mol. The summed E-state index contributed by atoms with van der Waals surface area (Å²) in [5.41, 5.74) is 2.16. The summed E-state index contributed by atoms with van der Waals surface area (Å²) in [6, 6.07) is 13.7. The van der Waals surface area contributed by atoms with Crippen molar-refractivity contribution in [1.82, 2.24) is 10.2 Å². The molecule has 1 unspecified atom stereocenters. The highest BCUT2D eigenvalue weighted by Gasteiger charge is 2.23. The second-order valence-electron chi connectivity index (χ2n) is 6.64. The fourth-order valence-electron chi connectivity index (χ4n) is 3.53. The molecule has 1 atom stereocenters. The molecule has 1 N–H and O–H groups in total. The van der Waals surface area contributed by atoms with Crippen LogP contribution in [0.15, 0.2) is 42.5 Å². The standard InChI is InChI=1S/C21H27FN2O2/c1-25-18-7-5-6-17(13-18)20(24-10-3-4-11-24)15-23-14-16-8-9-21(26-2)19(22)12-16/h5-9,12-13,20,23H,3-4,10-11,14-15H2,1-2H3. The van der Waals surface area contributed by atoms with Crippen molar-refractivity contribution in [2.45, 2.75) is 25.4 Å². The SMILES string of the molecule is COc1cccc(C(CNCc2ccc(OC)c(F)c2)N2CCCC2)c1. The summed E-state index contributed by atoms with van der Waals surface area (Å²) in [6.45, 7) is 3.65. The lowest BCUT2D eigenvalue weighted by molar-refractivity contribution is 0.238. The zero-order valence-corrected chi connectivity index (χ0v) is 15.5.